The van der Waals surface area contributed by atoms with E-state index in [1.807, 2.05) is 42.3 Å². The molecule has 0 amide bonds. The maximum absolute atomic E-state index is 12.0. The van der Waals surface area contributed by atoms with Crippen molar-refractivity contribution in [2.45, 2.75) is 6.54 Å². The molecule has 0 aromatic carbocycles. The molecule has 2 heterocycles. The lowest BCUT2D eigenvalue weighted by atomic mass is 10.3. The van der Waals surface area contributed by atoms with Crippen LogP contribution in [0.4, 0.5) is 0 Å². The van der Waals surface area contributed by atoms with E-state index >= 15 is 0 Å². The molecule has 0 saturated carbocycles. The van der Waals surface area contributed by atoms with Crippen molar-refractivity contribution in [3.05, 3.63) is 50.9 Å². The molecule has 3 nitrogen and oxygen atoms in total. The minimum atomic E-state index is 0.143. The predicted octanol–water partition coefficient (Wildman–Crippen LogP) is 3.22. The Bertz CT molecular complexity index is 527. The minimum absolute atomic E-state index is 0.143. The van der Waals surface area contributed by atoms with Crippen molar-refractivity contribution < 1.29 is 4.79 Å². The summed E-state index contributed by atoms with van der Waals surface area (Å²) in [6, 6.07) is 9.55. The Morgan fingerprint density at radius 2 is 2.22 bits per heavy atom. The number of carbonyl (C=O) groups excluding carboxylic acids is 1. The number of hydrogen-bond donors (Lipinski definition) is 0. The van der Waals surface area contributed by atoms with Crippen LogP contribution in [0, 0.1) is 0 Å². The van der Waals surface area contributed by atoms with Gasteiger partial charge >= 0.3 is 0 Å². The van der Waals surface area contributed by atoms with Gasteiger partial charge in [0, 0.05) is 12.7 Å². The number of thiophene rings is 1. The highest BCUT2D eigenvalue weighted by Gasteiger charge is 2.12. The Hall–Kier alpha value is -1.04. The average molecular weight is 325 g/mol. The van der Waals surface area contributed by atoms with E-state index < -0.39 is 0 Å². The summed E-state index contributed by atoms with van der Waals surface area (Å²) >= 11 is 4.83. The predicted molar refractivity (Wildman–Crippen MR) is 76.9 cm³/mol. The van der Waals surface area contributed by atoms with Crippen LogP contribution in [0.1, 0.15) is 15.4 Å². The van der Waals surface area contributed by atoms with Gasteiger partial charge in [-0.15, -0.1) is 11.3 Å². The van der Waals surface area contributed by atoms with Crippen molar-refractivity contribution in [2.24, 2.45) is 0 Å². The van der Waals surface area contributed by atoms with Gasteiger partial charge in [-0.05, 0) is 47.2 Å². The largest absolute Gasteiger partial charge is 0.293 e. The van der Waals surface area contributed by atoms with Crippen LogP contribution in [0.15, 0.2) is 40.3 Å². The lowest BCUT2D eigenvalue weighted by Crippen LogP contribution is -2.25. The number of hydrogen-bond acceptors (Lipinski definition) is 4. The van der Waals surface area contributed by atoms with Gasteiger partial charge in [0.2, 0.25) is 0 Å². The first-order valence-electron chi connectivity index (χ1n) is 5.52. The maximum Gasteiger partial charge on any atom is 0.186 e. The number of likely N-dealkylation sites (N-methyl/N-ethyl adjacent to an activating group) is 1. The number of halogens is 1. The first kappa shape index (κ1) is 13.4. The molecular formula is C13H13BrN2OS. The monoisotopic (exact) mass is 324 g/mol. The number of ketones is 1. The van der Waals surface area contributed by atoms with Gasteiger partial charge < -0.3 is 0 Å². The summed E-state index contributed by atoms with van der Waals surface area (Å²) < 4.78 is 0.984. The topological polar surface area (TPSA) is 33.2 Å². The van der Waals surface area contributed by atoms with Crippen LogP contribution in [0.2, 0.25) is 0 Å². The molecule has 0 atom stereocenters. The van der Waals surface area contributed by atoms with E-state index in [0.717, 1.165) is 14.4 Å². The van der Waals surface area contributed by atoms with E-state index in [9.17, 15) is 4.79 Å². The summed E-state index contributed by atoms with van der Waals surface area (Å²) in [5.74, 6) is 0.143. The number of carbonyl (C=O) groups is 1. The highest BCUT2D eigenvalue weighted by Crippen LogP contribution is 2.22. The van der Waals surface area contributed by atoms with Gasteiger partial charge in [0.15, 0.2) is 5.78 Å². The minimum Gasteiger partial charge on any atom is -0.293 e. The van der Waals surface area contributed by atoms with E-state index in [0.29, 0.717) is 13.1 Å². The molecule has 18 heavy (non-hydrogen) atoms. The molecule has 0 bridgehead atoms. The fourth-order valence-electron chi connectivity index (χ4n) is 1.61. The van der Waals surface area contributed by atoms with Crippen molar-refractivity contribution in [1.82, 2.24) is 9.88 Å². The van der Waals surface area contributed by atoms with Crippen LogP contribution in [0.3, 0.4) is 0 Å². The second-order valence-electron chi connectivity index (χ2n) is 4.02. The standard InChI is InChI=1S/C13H13BrN2OS/c1-16(8-10-4-2-3-7-15-10)9-11(17)12-5-6-13(14)18-12/h2-7H,8-9H2,1H3. The number of rotatable bonds is 5. The molecule has 2 aromatic heterocycles. The van der Waals surface area contributed by atoms with Crippen molar-refractivity contribution in [3.8, 4) is 0 Å². The zero-order valence-corrected chi connectivity index (χ0v) is 12.4. The number of pyridine rings is 1. The van der Waals surface area contributed by atoms with Crippen LogP contribution in [0.25, 0.3) is 0 Å². The van der Waals surface area contributed by atoms with Crippen molar-refractivity contribution >= 4 is 33.0 Å². The molecular weight excluding hydrogens is 312 g/mol. The molecule has 0 radical (unpaired) electrons. The van der Waals surface area contributed by atoms with Gasteiger partial charge in [-0.25, -0.2) is 0 Å². The van der Waals surface area contributed by atoms with Gasteiger partial charge in [0.1, 0.15) is 0 Å². The summed E-state index contributed by atoms with van der Waals surface area (Å²) in [6.45, 7) is 1.09. The fraction of sp³-hybridized carbons (Fsp3) is 0.231. The molecule has 0 fully saturated rings. The van der Waals surface area contributed by atoms with Crippen LogP contribution in [0.5, 0.6) is 0 Å². The van der Waals surface area contributed by atoms with Crippen LogP contribution in [-0.4, -0.2) is 29.3 Å². The molecule has 0 spiro atoms. The lowest BCUT2D eigenvalue weighted by molar-refractivity contribution is 0.0946. The fourth-order valence-corrected chi connectivity index (χ4v) is 2.93. The quantitative estimate of drug-likeness (QED) is 0.792. The maximum atomic E-state index is 12.0. The Balaban J connectivity index is 1.92. The van der Waals surface area contributed by atoms with E-state index in [4.69, 9.17) is 0 Å². The summed E-state index contributed by atoms with van der Waals surface area (Å²) in [6.07, 6.45) is 1.77. The van der Waals surface area contributed by atoms with Gasteiger partial charge in [-0.1, -0.05) is 6.07 Å². The number of Topliss-reactive ketones (excluding diaryl/α,β-unsaturated/α-hetero) is 1. The van der Waals surface area contributed by atoms with Gasteiger partial charge in [0.05, 0.1) is 20.9 Å². The average Bonchev–Trinajstić information content (AvgIpc) is 2.77. The second kappa shape index (κ2) is 6.22. The Morgan fingerprint density at radius 1 is 1.39 bits per heavy atom. The summed E-state index contributed by atoms with van der Waals surface area (Å²) in [5.41, 5.74) is 0.972. The third kappa shape index (κ3) is 3.73. The SMILES string of the molecule is CN(CC(=O)c1ccc(Br)s1)Cc1ccccn1. The van der Waals surface area contributed by atoms with Crippen molar-refractivity contribution in [2.75, 3.05) is 13.6 Å². The molecule has 5 heteroatoms. The third-order valence-corrected chi connectivity index (χ3v) is 4.08. The van der Waals surface area contributed by atoms with Gasteiger partial charge in [-0.2, -0.15) is 0 Å². The van der Waals surface area contributed by atoms with E-state index in [1.54, 1.807) is 6.20 Å². The smallest absolute Gasteiger partial charge is 0.186 e. The third-order valence-electron chi connectivity index (χ3n) is 2.42. The molecule has 0 aliphatic carbocycles. The molecule has 0 aliphatic heterocycles. The lowest BCUT2D eigenvalue weighted by Gasteiger charge is -2.14. The summed E-state index contributed by atoms with van der Waals surface area (Å²) in [5, 5.41) is 0. The van der Waals surface area contributed by atoms with Crippen molar-refractivity contribution in [1.29, 1.82) is 0 Å². The number of aromatic nitrogens is 1. The van der Waals surface area contributed by atoms with Gasteiger partial charge in [0.25, 0.3) is 0 Å². The normalized spacial score (nSPS) is 10.8. The van der Waals surface area contributed by atoms with Crippen LogP contribution >= 0.6 is 27.3 Å². The molecule has 0 saturated heterocycles. The molecule has 94 valence electrons. The Morgan fingerprint density at radius 3 is 2.83 bits per heavy atom. The molecule has 0 unspecified atom stereocenters. The number of nitrogens with zero attached hydrogens (tertiary/aromatic N) is 2. The summed E-state index contributed by atoms with van der Waals surface area (Å²) in [4.78, 5) is 19.0. The van der Waals surface area contributed by atoms with Crippen LogP contribution < -0.4 is 0 Å². The van der Waals surface area contributed by atoms with Crippen molar-refractivity contribution in [3.63, 3.8) is 0 Å². The van der Waals surface area contributed by atoms with E-state index in [-0.39, 0.29) is 5.78 Å². The highest BCUT2D eigenvalue weighted by atomic mass is 79.9. The molecule has 0 N–H and O–H groups in total. The van der Waals surface area contributed by atoms with E-state index in [2.05, 4.69) is 20.9 Å². The Kier molecular flexibility index (Phi) is 4.63. The second-order valence-corrected chi connectivity index (χ2v) is 6.48. The zero-order chi connectivity index (χ0) is 13.0. The molecule has 2 aromatic rings. The highest BCUT2D eigenvalue weighted by molar-refractivity contribution is 9.11. The van der Waals surface area contributed by atoms with Crippen LogP contribution in [-0.2, 0) is 6.54 Å². The summed E-state index contributed by atoms with van der Waals surface area (Å²) in [7, 11) is 1.93. The van der Waals surface area contributed by atoms with E-state index in [1.165, 1.54) is 11.3 Å². The molecule has 2 rings (SSSR count). The first-order valence-corrected chi connectivity index (χ1v) is 7.13. The molecule has 0 aliphatic rings. The Labute approximate surface area is 119 Å². The first-order chi connectivity index (χ1) is 8.65. The van der Waals surface area contributed by atoms with Gasteiger partial charge in [-0.3, -0.25) is 14.7 Å². The zero-order valence-electron chi connectivity index (χ0n) is 9.97.